The maximum Gasteiger partial charge on any atom is 0.247 e. The van der Waals surface area contributed by atoms with Crippen molar-refractivity contribution in [3.8, 4) is 0 Å². The lowest BCUT2D eigenvalue weighted by Gasteiger charge is -2.09. The second-order valence-electron chi connectivity index (χ2n) is 2.43. The Labute approximate surface area is 99.1 Å². The summed E-state index contributed by atoms with van der Waals surface area (Å²) in [6.45, 7) is 0. The van der Waals surface area contributed by atoms with Crippen LogP contribution in [0.25, 0.3) is 0 Å². The van der Waals surface area contributed by atoms with Crippen molar-refractivity contribution in [2.45, 2.75) is 5.50 Å². The van der Waals surface area contributed by atoms with Crippen LogP contribution in [0.15, 0.2) is 21.3 Å². The summed E-state index contributed by atoms with van der Waals surface area (Å²) >= 11 is 17.1. The van der Waals surface area contributed by atoms with Gasteiger partial charge in [0, 0.05) is 0 Å². The molecular formula is C6H3Cl3N6. The Morgan fingerprint density at radius 1 is 1.40 bits per heavy atom. The third-order valence-corrected chi connectivity index (χ3v) is 2.41. The number of aromatic nitrogens is 3. The van der Waals surface area contributed by atoms with Crippen molar-refractivity contribution in [3.05, 3.63) is 6.33 Å². The quantitative estimate of drug-likeness (QED) is 0.619. The fourth-order valence-corrected chi connectivity index (χ4v) is 1.34. The second-order valence-corrected chi connectivity index (χ2v) is 3.59. The number of nitrogens with zero attached hydrogens (tertiary/aromatic N) is 5. The van der Waals surface area contributed by atoms with E-state index in [0.29, 0.717) is 0 Å². The Morgan fingerprint density at radius 3 is 2.87 bits per heavy atom. The maximum absolute atomic E-state index is 5.77. The van der Waals surface area contributed by atoms with Gasteiger partial charge in [0.05, 0.1) is 0 Å². The number of halogens is 3. The molecule has 0 aromatic carbocycles. The van der Waals surface area contributed by atoms with Gasteiger partial charge in [-0.2, -0.15) is 15.1 Å². The van der Waals surface area contributed by atoms with E-state index in [1.165, 1.54) is 6.33 Å². The van der Waals surface area contributed by atoms with Crippen LogP contribution in [0.5, 0.6) is 0 Å². The van der Waals surface area contributed by atoms with Gasteiger partial charge in [-0.15, -0.1) is 0 Å². The van der Waals surface area contributed by atoms with Crippen LogP contribution in [0.4, 0.5) is 5.95 Å². The number of rotatable bonds is 1. The van der Waals surface area contributed by atoms with Crippen LogP contribution >= 0.6 is 34.8 Å². The normalized spacial score (nSPS) is 23.9. The van der Waals surface area contributed by atoms with E-state index in [0.717, 1.165) is 0 Å². The van der Waals surface area contributed by atoms with Crippen molar-refractivity contribution in [2.24, 2.45) is 15.0 Å². The van der Waals surface area contributed by atoms with E-state index < -0.39 is 5.50 Å². The topological polar surface area (TPSA) is 78.7 Å². The van der Waals surface area contributed by atoms with Crippen LogP contribution < -0.4 is 0 Å². The van der Waals surface area contributed by atoms with Gasteiger partial charge in [0.25, 0.3) is 0 Å². The molecule has 0 spiro atoms. The lowest BCUT2D eigenvalue weighted by Crippen LogP contribution is -2.20. The molecule has 1 aliphatic heterocycles. The highest BCUT2D eigenvalue weighted by molar-refractivity contribution is 6.86. The lowest BCUT2D eigenvalue weighted by atomic mass is 10.5. The molecule has 0 amide bonds. The molecule has 0 saturated heterocycles. The molecule has 1 atom stereocenters. The number of aliphatic imine (C=N–C) groups is 3. The van der Waals surface area contributed by atoms with E-state index in [1.54, 1.807) is 0 Å². The van der Waals surface area contributed by atoms with Crippen LogP contribution in [0.1, 0.15) is 0 Å². The molecule has 78 valence electrons. The zero-order chi connectivity index (χ0) is 10.8. The predicted octanol–water partition coefficient (Wildman–Crippen LogP) is 1.69. The number of nitrogens with one attached hydrogen (secondary N) is 1. The molecule has 2 rings (SSSR count). The summed E-state index contributed by atoms with van der Waals surface area (Å²) in [5, 5.41) is 6.33. The van der Waals surface area contributed by atoms with Gasteiger partial charge in [-0.3, -0.25) is 0 Å². The summed E-state index contributed by atoms with van der Waals surface area (Å²) in [5.41, 5.74) is -0.757. The van der Waals surface area contributed by atoms with Crippen LogP contribution in [0.2, 0.25) is 0 Å². The first-order valence-electron chi connectivity index (χ1n) is 3.72. The first kappa shape index (κ1) is 10.5. The minimum atomic E-state index is -0.757. The second kappa shape index (κ2) is 4.26. The fourth-order valence-electron chi connectivity index (χ4n) is 0.835. The van der Waals surface area contributed by atoms with Crippen molar-refractivity contribution in [3.63, 3.8) is 0 Å². The summed E-state index contributed by atoms with van der Waals surface area (Å²) in [6.07, 6.45) is 1.31. The van der Waals surface area contributed by atoms with Gasteiger partial charge in [0.1, 0.15) is 11.5 Å². The molecule has 0 radical (unpaired) electrons. The minimum Gasteiger partial charge on any atom is -0.244 e. The van der Waals surface area contributed by atoms with E-state index in [4.69, 9.17) is 34.8 Å². The monoisotopic (exact) mass is 264 g/mol. The van der Waals surface area contributed by atoms with Crippen molar-refractivity contribution in [2.75, 3.05) is 0 Å². The van der Waals surface area contributed by atoms with Crippen LogP contribution in [-0.2, 0) is 0 Å². The Morgan fingerprint density at radius 2 is 2.20 bits per heavy atom. The number of aromatic amines is 1. The number of hydrogen-bond donors (Lipinski definition) is 1. The SMILES string of the molecule is ClC1=NC(Cl)C(Cl)=N/C1=N\c1ncn[nH]1. The Kier molecular flexibility index (Phi) is 2.99. The molecule has 1 aromatic heterocycles. The minimum absolute atomic E-state index is 0.0794. The number of alkyl halides is 1. The molecule has 1 aliphatic rings. The van der Waals surface area contributed by atoms with Gasteiger partial charge in [-0.05, 0) is 0 Å². The summed E-state index contributed by atoms with van der Waals surface area (Å²) in [7, 11) is 0. The Balaban J connectivity index is 2.34. The molecule has 9 heteroatoms. The molecule has 6 nitrogen and oxygen atoms in total. The Hall–Kier alpha value is -0.980. The van der Waals surface area contributed by atoms with E-state index in [1.807, 2.05) is 0 Å². The zero-order valence-corrected chi connectivity index (χ0v) is 9.29. The molecule has 1 aromatic rings. The zero-order valence-electron chi connectivity index (χ0n) is 7.02. The van der Waals surface area contributed by atoms with Crippen LogP contribution in [0, 0.1) is 0 Å². The van der Waals surface area contributed by atoms with Gasteiger partial charge in [-0.25, -0.2) is 15.1 Å². The van der Waals surface area contributed by atoms with Gasteiger partial charge in [0.2, 0.25) is 5.95 Å². The summed E-state index contributed by atoms with van der Waals surface area (Å²) in [4.78, 5) is 15.4. The van der Waals surface area contributed by atoms with Crippen molar-refractivity contribution < 1.29 is 0 Å². The first-order chi connectivity index (χ1) is 7.16. The van der Waals surface area contributed by atoms with Crippen molar-refractivity contribution in [1.82, 2.24) is 15.2 Å². The third kappa shape index (κ3) is 2.34. The van der Waals surface area contributed by atoms with E-state index in [9.17, 15) is 0 Å². The molecular weight excluding hydrogens is 262 g/mol. The van der Waals surface area contributed by atoms with Crippen molar-refractivity contribution >= 4 is 56.9 Å². The average Bonchev–Trinajstić information content (AvgIpc) is 2.67. The van der Waals surface area contributed by atoms with E-state index in [-0.39, 0.29) is 22.1 Å². The first-order valence-corrected chi connectivity index (χ1v) is 4.92. The average molecular weight is 265 g/mol. The van der Waals surface area contributed by atoms with Crippen molar-refractivity contribution in [1.29, 1.82) is 0 Å². The highest BCUT2D eigenvalue weighted by Gasteiger charge is 2.20. The van der Waals surface area contributed by atoms with E-state index in [2.05, 4.69) is 30.2 Å². The van der Waals surface area contributed by atoms with Gasteiger partial charge < -0.3 is 0 Å². The molecule has 0 fully saturated rings. The molecule has 0 aliphatic carbocycles. The van der Waals surface area contributed by atoms with Gasteiger partial charge >= 0.3 is 0 Å². The van der Waals surface area contributed by atoms with E-state index >= 15 is 0 Å². The van der Waals surface area contributed by atoms with Gasteiger partial charge in [-0.1, -0.05) is 34.8 Å². The smallest absolute Gasteiger partial charge is 0.244 e. The number of hydrogen-bond acceptors (Lipinski definition) is 4. The molecule has 15 heavy (non-hydrogen) atoms. The molecule has 0 bridgehead atoms. The van der Waals surface area contributed by atoms with Crippen LogP contribution in [0.3, 0.4) is 0 Å². The number of amidine groups is 1. The highest BCUT2D eigenvalue weighted by Crippen LogP contribution is 2.15. The molecule has 0 saturated carbocycles. The molecule has 1 N–H and O–H groups in total. The maximum atomic E-state index is 5.77. The fraction of sp³-hybridized carbons (Fsp3) is 0.167. The summed E-state index contributed by atoms with van der Waals surface area (Å²) < 4.78 is 0. The predicted molar refractivity (Wildman–Crippen MR) is 59.7 cm³/mol. The molecule has 2 heterocycles. The third-order valence-electron chi connectivity index (χ3n) is 1.43. The summed E-state index contributed by atoms with van der Waals surface area (Å²) in [6, 6.07) is 0. The standard InChI is InChI=1S/C6H3Cl3N6/c7-2-3(8)13-5(4(9)12-2)14-6-10-1-11-15-6/h1-2H,(H,10,11,15)/b14-5-. The van der Waals surface area contributed by atoms with Gasteiger partial charge in [0.15, 0.2) is 16.5 Å². The number of H-pyrrole nitrogens is 1. The van der Waals surface area contributed by atoms with Crippen LogP contribution in [-0.4, -0.2) is 36.9 Å². The highest BCUT2D eigenvalue weighted by atomic mass is 35.5. The lowest BCUT2D eigenvalue weighted by molar-refractivity contribution is 1.08. The summed E-state index contributed by atoms with van der Waals surface area (Å²) in [5.74, 6) is 0.412. The largest absolute Gasteiger partial charge is 0.247 e. The Bertz CT molecular complexity index is 447. The molecule has 1 unspecified atom stereocenters.